The van der Waals surface area contributed by atoms with Gasteiger partial charge in [0.05, 0.1) is 0 Å². The van der Waals surface area contributed by atoms with Crippen LogP contribution in [0.1, 0.15) is 0 Å². The average molecular weight is 171 g/mol. The lowest BCUT2D eigenvalue weighted by molar-refractivity contribution is -0.109. The number of piperazine rings is 1. The van der Waals surface area contributed by atoms with E-state index < -0.39 is 0 Å². The topological polar surface area (TPSA) is 35.6 Å². The first kappa shape index (κ1) is 9.48. The minimum Gasteiger partial charge on any atom is -0.357 e. The zero-order chi connectivity index (χ0) is 8.97. The second-order valence-electron chi connectivity index (χ2n) is 3.42. The van der Waals surface area contributed by atoms with Crippen LogP contribution in [0.3, 0.4) is 0 Å². The van der Waals surface area contributed by atoms with Crippen LogP contribution >= 0.6 is 0 Å². The fourth-order valence-electron chi connectivity index (χ4n) is 1.51. The average Bonchev–Trinajstić information content (AvgIpc) is 2.07. The van der Waals surface area contributed by atoms with Crippen LogP contribution in [-0.4, -0.2) is 62.5 Å². The first-order chi connectivity index (χ1) is 5.74. The molecule has 0 radical (unpaired) electrons. The van der Waals surface area contributed by atoms with Gasteiger partial charge in [0.2, 0.25) is 6.41 Å². The molecule has 1 unspecified atom stereocenters. The van der Waals surface area contributed by atoms with Gasteiger partial charge >= 0.3 is 0 Å². The lowest BCUT2D eigenvalue weighted by Gasteiger charge is -2.37. The van der Waals surface area contributed by atoms with Crippen molar-refractivity contribution in [2.45, 2.75) is 6.04 Å². The van der Waals surface area contributed by atoms with Gasteiger partial charge in [-0.2, -0.15) is 0 Å². The number of hydrogen-bond acceptors (Lipinski definition) is 3. The number of nitrogens with zero attached hydrogens (tertiary/aromatic N) is 2. The first-order valence-corrected chi connectivity index (χ1v) is 4.30. The van der Waals surface area contributed by atoms with Gasteiger partial charge in [-0.05, 0) is 14.1 Å². The third kappa shape index (κ3) is 2.46. The molecule has 0 aromatic rings. The third-order valence-electron chi connectivity index (χ3n) is 2.42. The van der Waals surface area contributed by atoms with Crippen molar-refractivity contribution in [3.05, 3.63) is 0 Å². The number of carbonyl (C=O) groups is 1. The highest BCUT2D eigenvalue weighted by molar-refractivity contribution is 5.45. The van der Waals surface area contributed by atoms with Crippen LogP contribution in [0.2, 0.25) is 0 Å². The van der Waals surface area contributed by atoms with Gasteiger partial charge in [-0.3, -0.25) is 9.69 Å². The maximum atomic E-state index is 10.1. The van der Waals surface area contributed by atoms with Crippen molar-refractivity contribution in [2.75, 3.05) is 40.3 Å². The van der Waals surface area contributed by atoms with E-state index >= 15 is 0 Å². The van der Waals surface area contributed by atoms with E-state index in [1.54, 1.807) is 0 Å². The molecule has 0 aromatic heterocycles. The van der Waals surface area contributed by atoms with E-state index in [2.05, 4.69) is 29.2 Å². The fourth-order valence-corrected chi connectivity index (χ4v) is 1.51. The van der Waals surface area contributed by atoms with Crippen molar-refractivity contribution in [3.63, 3.8) is 0 Å². The lowest BCUT2D eigenvalue weighted by Crippen LogP contribution is -2.53. The Bertz CT molecular complexity index is 151. The van der Waals surface area contributed by atoms with Crippen LogP contribution in [-0.2, 0) is 4.79 Å². The quantitative estimate of drug-likeness (QED) is 0.552. The van der Waals surface area contributed by atoms with Crippen molar-refractivity contribution in [3.8, 4) is 0 Å². The molecular weight excluding hydrogens is 154 g/mol. The largest absolute Gasteiger partial charge is 0.357 e. The maximum absolute atomic E-state index is 10.1. The van der Waals surface area contributed by atoms with Gasteiger partial charge in [-0.1, -0.05) is 0 Å². The Kier molecular flexibility index (Phi) is 3.49. The third-order valence-corrected chi connectivity index (χ3v) is 2.42. The van der Waals surface area contributed by atoms with E-state index in [1.165, 1.54) is 0 Å². The predicted octanol–water partition coefficient (Wildman–Crippen LogP) is -1.02. The van der Waals surface area contributed by atoms with Gasteiger partial charge in [0.1, 0.15) is 0 Å². The van der Waals surface area contributed by atoms with Gasteiger partial charge in [0, 0.05) is 32.2 Å². The Hall–Kier alpha value is -0.610. The fraction of sp³-hybridized carbons (Fsp3) is 0.875. The van der Waals surface area contributed by atoms with Crippen LogP contribution < -0.4 is 5.32 Å². The van der Waals surface area contributed by atoms with E-state index in [1.807, 2.05) is 0 Å². The summed E-state index contributed by atoms with van der Waals surface area (Å²) < 4.78 is 0. The highest BCUT2D eigenvalue weighted by atomic mass is 16.1. The molecule has 0 saturated carbocycles. The van der Waals surface area contributed by atoms with E-state index in [-0.39, 0.29) is 0 Å². The summed E-state index contributed by atoms with van der Waals surface area (Å²) >= 11 is 0. The van der Waals surface area contributed by atoms with Crippen LogP contribution in [0.4, 0.5) is 0 Å². The molecule has 1 rings (SSSR count). The molecule has 70 valence electrons. The second kappa shape index (κ2) is 4.42. The molecule has 1 saturated heterocycles. The Balaban J connectivity index is 2.32. The number of hydrogen-bond donors (Lipinski definition) is 1. The molecule has 0 aromatic carbocycles. The molecule has 1 atom stereocenters. The normalized spacial score (nSPS) is 27.0. The van der Waals surface area contributed by atoms with Gasteiger partial charge < -0.3 is 10.2 Å². The molecule has 1 amide bonds. The number of nitrogens with one attached hydrogen (secondary N) is 1. The first-order valence-electron chi connectivity index (χ1n) is 4.30. The summed E-state index contributed by atoms with van der Waals surface area (Å²) in [6, 6.07) is 0.467. The van der Waals surface area contributed by atoms with E-state index in [9.17, 15) is 4.79 Å². The van der Waals surface area contributed by atoms with Crippen molar-refractivity contribution in [1.29, 1.82) is 0 Å². The van der Waals surface area contributed by atoms with E-state index in [0.29, 0.717) is 6.04 Å². The van der Waals surface area contributed by atoms with E-state index in [4.69, 9.17) is 0 Å². The summed E-state index contributed by atoms with van der Waals surface area (Å²) in [5.74, 6) is 0. The molecule has 0 spiro atoms. The van der Waals surface area contributed by atoms with Crippen molar-refractivity contribution in [1.82, 2.24) is 15.1 Å². The molecule has 4 heteroatoms. The maximum Gasteiger partial charge on any atom is 0.207 e. The Morgan fingerprint density at radius 1 is 1.50 bits per heavy atom. The van der Waals surface area contributed by atoms with Crippen LogP contribution in [0.25, 0.3) is 0 Å². The minimum atomic E-state index is 0.467. The summed E-state index contributed by atoms with van der Waals surface area (Å²) in [6.45, 7) is 4.00. The monoisotopic (exact) mass is 171 g/mol. The van der Waals surface area contributed by atoms with Crippen LogP contribution in [0.15, 0.2) is 0 Å². The van der Waals surface area contributed by atoms with Crippen molar-refractivity contribution >= 4 is 6.41 Å². The summed E-state index contributed by atoms with van der Waals surface area (Å²) in [6.07, 6.45) is 0.766. The molecule has 1 aliphatic heterocycles. The zero-order valence-corrected chi connectivity index (χ0v) is 7.79. The molecule has 4 nitrogen and oxygen atoms in total. The van der Waals surface area contributed by atoms with Gasteiger partial charge in [0.25, 0.3) is 0 Å². The highest BCUT2D eigenvalue weighted by Crippen LogP contribution is 2.03. The molecule has 1 aliphatic rings. The Labute approximate surface area is 73.5 Å². The molecule has 1 fully saturated rings. The lowest BCUT2D eigenvalue weighted by atomic mass is 10.2. The minimum absolute atomic E-state index is 0.467. The zero-order valence-electron chi connectivity index (χ0n) is 7.79. The molecule has 1 N–H and O–H groups in total. The van der Waals surface area contributed by atoms with Gasteiger partial charge in [0.15, 0.2) is 0 Å². The van der Waals surface area contributed by atoms with Crippen LogP contribution in [0.5, 0.6) is 0 Å². The SMILES string of the molecule is CN1CCN(C)C(CNC=O)C1. The number of likely N-dealkylation sites (N-methyl/N-ethyl adjacent to an activating group) is 2. The molecule has 0 bridgehead atoms. The van der Waals surface area contributed by atoms with Gasteiger partial charge in [-0.15, -0.1) is 0 Å². The smallest absolute Gasteiger partial charge is 0.207 e. The van der Waals surface area contributed by atoms with Gasteiger partial charge in [-0.25, -0.2) is 0 Å². The predicted molar refractivity (Wildman–Crippen MR) is 48.0 cm³/mol. The van der Waals surface area contributed by atoms with Crippen molar-refractivity contribution < 1.29 is 4.79 Å². The molecule has 0 aliphatic carbocycles. The Morgan fingerprint density at radius 3 is 2.92 bits per heavy atom. The molecule has 12 heavy (non-hydrogen) atoms. The molecule has 1 heterocycles. The van der Waals surface area contributed by atoms with Crippen molar-refractivity contribution in [2.24, 2.45) is 0 Å². The number of rotatable bonds is 3. The number of carbonyl (C=O) groups excluding carboxylic acids is 1. The van der Waals surface area contributed by atoms with Crippen LogP contribution in [0, 0.1) is 0 Å². The second-order valence-corrected chi connectivity index (χ2v) is 3.42. The summed E-state index contributed by atoms with van der Waals surface area (Å²) in [5, 5.41) is 2.72. The summed E-state index contributed by atoms with van der Waals surface area (Å²) in [5.41, 5.74) is 0. The number of amides is 1. The summed E-state index contributed by atoms with van der Waals surface area (Å²) in [7, 11) is 4.21. The van der Waals surface area contributed by atoms with E-state index in [0.717, 1.165) is 32.6 Å². The Morgan fingerprint density at radius 2 is 2.25 bits per heavy atom. The molecular formula is C8H17N3O. The highest BCUT2D eigenvalue weighted by Gasteiger charge is 2.21. The standard InChI is InChI=1S/C8H17N3O/c1-10-3-4-11(2)8(6-10)5-9-7-12/h7-8H,3-6H2,1-2H3,(H,9,12). The summed E-state index contributed by atoms with van der Waals surface area (Å²) in [4.78, 5) is 14.7.